The van der Waals surface area contributed by atoms with Gasteiger partial charge in [0, 0.05) is 19.5 Å². The number of halogens is 1. The van der Waals surface area contributed by atoms with Crippen molar-refractivity contribution in [3.05, 3.63) is 58.7 Å². The Bertz CT molecular complexity index is 971. The van der Waals surface area contributed by atoms with E-state index in [1.165, 1.54) is 48.9 Å². The van der Waals surface area contributed by atoms with Crippen molar-refractivity contribution < 1.29 is 9.18 Å². The summed E-state index contributed by atoms with van der Waals surface area (Å²) < 4.78 is 13.7. The van der Waals surface area contributed by atoms with Crippen LogP contribution in [0.5, 0.6) is 0 Å². The zero-order valence-electron chi connectivity index (χ0n) is 13.0. The van der Waals surface area contributed by atoms with Gasteiger partial charge < -0.3 is 15.2 Å². The molecule has 0 fully saturated rings. The molecule has 3 aromatic rings. The maximum atomic E-state index is 13.7. The quantitative estimate of drug-likeness (QED) is 0.765. The number of carbonyl (C=O) groups is 1. The Kier molecular flexibility index (Phi) is 3.95. The Balaban J connectivity index is 2.11. The molecule has 0 unspecified atom stereocenters. The second-order valence-corrected chi connectivity index (χ2v) is 5.14. The maximum Gasteiger partial charge on any atom is 0.263 e. The van der Waals surface area contributed by atoms with E-state index in [4.69, 9.17) is 0 Å². The molecule has 0 aliphatic rings. The lowest BCUT2D eigenvalue weighted by Crippen LogP contribution is -2.31. The molecular weight excluding hydrogens is 313 g/mol. The second kappa shape index (κ2) is 6.07. The van der Waals surface area contributed by atoms with Gasteiger partial charge in [0.25, 0.3) is 11.5 Å². The highest BCUT2D eigenvalue weighted by Crippen LogP contribution is 2.23. The number of hydrogen-bond acceptors (Lipinski definition) is 5. The van der Waals surface area contributed by atoms with Gasteiger partial charge in [0.1, 0.15) is 17.7 Å². The highest BCUT2D eigenvalue weighted by atomic mass is 19.1. The maximum absolute atomic E-state index is 13.7. The lowest BCUT2D eigenvalue weighted by atomic mass is 10.1. The highest BCUT2D eigenvalue weighted by Gasteiger charge is 2.19. The molecule has 3 rings (SSSR count). The number of benzene rings is 1. The van der Waals surface area contributed by atoms with E-state index >= 15 is 0 Å². The van der Waals surface area contributed by atoms with Gasteiger partial charge in [0.05, 0.1) is 29.3 Å². The number of nitrogens with one attached hydrogen (secondary N) is 2. The van der Waals surface area contributed by atoms with Gasteiger partial charge in [-0.05, 0) is 18.2 Å². The third-order valence-corrected chi connectivity index (χ3v) is 3.66. The topological polar surface area (TPSA) is 91.0 Å². The van der Waals surface area contributed by atoms with Crippen molar-refractivity contribution in [2.75, 3.05) is 24.3 Å². The van der Waals surface area contributed by atoms with Gasteiger partial charge in [0.15, 0.2) is 0 Å². The van der Waals surface area contributed by atoms with E-state index in [9.17, 15) is 14.0 Å². The summed E-state index contributed by atoms with van der Waals surface area (Å²) in [6.45, 7) is 0. The van der Waals surface area contributed by atoms with Crippen LogP contribution in [0.2, 0.25) is 0 Å². The number of amides is 1. The number of pyridine rings is 1. The summed E-state index contributed by atoms with van der Waals surface area (Å²) in [7, 11) is 3.13. The molecule has 0 aliphatic carbocycles. The third-order valence-electron chi connectivity index (χ3n) is 3.66. The summed E-state index contributed by atoms with van der Waals surface area (Å²) in [5, 5.41) is 3.23. The Labute approximate surface area is 136 Å². The van der Waals surface area contributed by atoms with Crippen molar-refractivity contribution in [2.45, 2.75) is 0 Å². The molecule has 0 saturated heterocycles. The number of carbonyl (C=O) groups excluding carboxylic acids is 1. The zero-order valence-corrected chi connectivity index (χ0v) is 13.0. The summed E-state index contributed by atoms with van der Waals surface area (Å²) in [5.74, 6) is -1.01. The van der Waals surface area contributed by atoms with E-state index < -0.39 is 17.3 Å². The van der Waals surface area contributed by atoms with E-state index in [2.05, 4.69) is 20.3 Å². The third kappa shape index (κ3) is 2.69. The fraction of sp³-hybridized carbons (Fsp3) is 0.125. The number of hydrogen-bond donors (Lipinski definition) is 2. The number of fused-ring (bicyclic) bond motifs is 1. The van der Waals surface area contributed by atoms with E-state index in [0.717, 1.165) is 0 Å². The van der Waals surface area contributed by atoms with E-state index in [1.54, 1.807) is 7.05 Å². The molecule has 0 bridgehead atoms. The largest absolute Gasteiger partial charge is 0.386 e. The molecule has 0 radical (unpaired) electrons. The van der Waals surface area contributed by atoms with Crippen molar-refractivity contribution in [1.82, 2.24) is 15.0 Å². The fourth-order valence-electron chi connectivity index (χ4n) is 2.40. The first-order chi connectivity index (χ1) is 11.5. The molecule has 0 saturated carbocycles. The molecular formula is C16H14FN5O2. The Morgan fingerprint density at radius 1 is 1.25 bits per heavy atom. The first-order valence-corrected chi connectivity index (χ1v) is 7.08. The average Bonchev–Trinajstić information content (AvgIpc) is 2.60. The molecule has 8 heteroatoms. The summed E-state index contributed by atoms with van der Waals surface area (Å²) in [4.78, 5) is 36.5. The van der Waals surface area contributed by atoms with Crippen molar-refractivity contribution in [2.24, 2.45) is 0 Å². The predicted octanol–water partition coefficient (Wildman–Crippen LogP) is 1.78. The molecule has 1 aromatic carbocycles. The first kappa shape index (κ1) is 15.6. The summed E-state index contributed by atoms with van der Waals surface area (Å²) >= 11 is 0. The predicted molar refractivity (Wildman–Crippen MR) is 88.8 cm³/mol. The molecule has 122 valence electrons. The number of anilines is 2. The van der Waals surface area contributed by atoms with Crippen LogP contribution in [0.1, 0.15) is 10.4 Å². The number of rotatable bonds is 3. The summed E-state index contributed by atoms with van der Waals surface area (Å²) in [6.07, 6.45) is 4.25. The molecule has 2 N–H and O–H groups in total. The molecule has 0 atom stereocenters. The lowest BCUT2D eigenvalue weighted by Gasteiger charge is -2.16. The minimum Gasteiger partial charge on any atom is -0.386 e. The van der Waals surface area contributed by atoms with E-state index in [1.807, 2.05) is 0 Å². The Morgan fingerprint density at radius 2 is 1.96 bits per heavy atom. The number of nitrogens with zero attached hydrogens (tertiary/aromatic N) is 3. The standard InChI is InChI=1S/C16H14FN5O2/c1-18-13-5-10(17)3-9-4-12(15(23)21-14(9)13)16(24)22(2)11-6-19-8-20-7-11/h3-8,18H,1-2H3,(H,21,23). The van der Waals surface area contributed by atoms with Gasteiger partial charge in [-0.1, -0.05) is 0 Å². The highest BCUT2D eigenvalue weighted by molar-refractivity contribution is 6.07. The monoisotopic (exact) mass is 327 g/mol. The van der Waals surface area contributed by atoms with E-state index in [0.29, 0.717) is 22.3 Å². The molecule has 7 nitrogen and oxygen atoms in total. The van der Waals surface area contributed by atoms with Gasteiger partial charge in [-0.2, -0.15) is 0 Å². The minimum atomic E-state index is -0.556. The first-order valence-electron chi connectivity index (χ1n) is 7.08. The minimum absolute atomic E-state index is 0.0958. The van der Waals surface area contributed by atoms with E-state index in [-0.39, 0.29) is 5.56 Å². The SMILES string of the molecule is CNc1cc(F)cc2cc(C(=O)N(C)c3cncnc3)c(=O)[nH]c12. The van der Waals surface area contributed by atoms with Crippen molar-refractivity contribution >= 4 is 28.2 Å². The van der Waals surface area contributed by atoms with Gasteiger partial charge in [0.2, 0.25) is 0 Å². The van der Waals surface area contributed by atoms with Gasteiger partial charge >= 0.3 is 0 Å². The van der Waals surface area contributed by atoms with Crippen molar-refractivity contribution in [1.29, 1.82) is 0 Å². The van der Waals surface area contributed by atoms with Crippen LogP contribution in [0.4, 0.5) is 15.8 Å². The van der Waals surface area contributed by atoms with Gasteiger partial charge in [-0.3, -0.25) is 9.59 Å². The summed E-state index contributed by atoms with van der Waals surface area (Å²) in [5.41, 5.74) is 0.662. The van der Waals surface area contributed by atoms with Crippen LogP contribution >= 0.6 is 0 Å². The Morgan fingerprint density at radius 3 is 2.62 bits per heavy atom. The van der Waals surface area contributed by atoms with Crippen molar-refractivity contribution in [3.63, 3.8) is 0 Å². The smallest absolute Gasteiger partial charge is 0.263 e. The molecule has 1 amide bonds. The average molecular weight is 327 g/mol. The van der Waals surface area contributed by atoms with Gasteiger partial charge in [-0.25, -0.2) is 14.4 Å². The van der Waals surface area contributed by atoms with Crippen LogP contribution in [0.3, 0.4) is 0 Å². The molecule has 0 spiro atoms. The van der Waals surface area contributed by atoms with Crippen LogP contribution in [0, 0.1) is 5.82 Å². The Hall–Kier alpha value is -3.29. The molecule has 0 aliphatic heterocycles. The van der Waals surface area contributed by atoms with Crippen LogP contribution in [0.15, 0.2) is 41.7 Å². The van der Waals surface area contributed by atoms with Crippen molar-refractivity contribution in [3.8, 4) is 0 Å². The molecule has 24 heavy (non-hydrogen) atoms. The number of aromatic amines is 1. The number of H-pyrrole nitrogens is 1. The van der Waals surface area contributed by atoms with Crippen LogP contribution in [-0.2, 0) is 0 Å². The van der Waals surface area contributed by atoms with Crippen LogP contribution in [0.25, 0.3) is 10.9 Å². The molecule has 2 heterocycles. The normalized spacial score (nSPS) is 10.6. The van der Waals surface area contributed by atoms with Crippen LogP contribution in [-0.4, -0.2) is 35.0 Å². The number of aromatic nitrogens is 3. The van der Waals surface area contributed by atoms with Gasteiger partial charge in [-0.15, -0.1) is 0 Å². The second-order valence-electron chi connectivity index (χ2n) is 5.14. The molecule has 2 aromatic heterocycles. The fourth-order valence-corrected chi connectivity index (χ4v) is 2.40. The zero-order chi connectivity index (χ0) is 17.3. The van der Waals surface area contributed by atoms with Crippen LogP contribution < -0.4 is 15.8 Å². The lowest BCUT2D eigenvalue weighted by molar-refractivity contribution is 0.0991. The summed E-state index contributed by atoms with van der Waals surface area (Å²) in [6, 6.07) is 3.91.